The molecule has 1 fully saturated rings. The molecule has 1 saturated heterocycles. The minimum atomic E-state index is -4.60. The third-order valence-electron chi connectivity index (χ3n) is 4.50. The number of benzene rings is 1. The molecule has 0 radical (unpaired) electrons. The minimum absolute atomic E-state index is 0.0180. The summed E-state index contributed by atoms with van der Waals surface area (Å²) in [5.74, 6) is -0.775. The highest BCUT2D eigenvalue weighted by Crippen LogP contribution is 2.22. The lowest BCUT2D eigenvalue weighted by Crippen LogP contribution is -2.42. The number of anilines is 1. The molecular weight excluding hydrogens is 431 g/mol. The number of carbonyl (C=O) groups excluding carboxylic acids is 2. The monoisotopic (exact) mass is 453 g/mol. The fourth-order valence-corrected chi connectivity index (χ4v) is 3.73. The second-order valence-corrected chi connectivity index (χ2v) is 8.48. The Morgan fingerprint density at radius 1 is 1.20 bits per heavy atom. The lowest BCUT2D eigenvalue weighted by molar-refractivity contribution is -0.162. The molecule has 0 unspecified atom stereocenters. The van der Waals surface area contributed by atoms with Crippen LogP contribution in [0.5, 0.6) is 0 Å². The Labute approximate surface area is 171 Å². The number of sulfonamides is 1. The number of carbonyl (C=O) groups is 2. The maximum Gasteiger partial charge on any atom is 0.422 e. The van der Waals surface area contributed by atoms with Crippen LogP contribution in [0.15, 0.2) is 29.2 Å². The van der Waals surface area contributed by atoms with Crippen molar-refractivity contribution in [1.29, 1.82) is 0 Å². The van der Waals surface area contributed by atoms with Crippen LogP contribution in [0.4, 0.5) is 23.7 Å². The molecule has 1 heterocycles. The molecule has 1 aromatic rings. The van der Waals surface area contributed by atoms with Crippen molar-refractivity contribution in [3.8, 4) is 0 Å². The summed E-state index contributed by atoms with van der Waals surface area (Å²) in [6.45, 7) is -1.47. The molecule has 0 aliphatic carbocycles. The smallest absolute Gasteiger partial charge is 0.422 e. The van der Waals surface area contributed by atoms with Crippen LogP contribution in [0.3, 0.4) is 0 Å². The van der Waals surface area contributed by atoms with Gasteiger partial charge in [0.05, 0.1) is 12.0 Å². The highest BCUT2D eigenvalue weighted by molar-refractivity contribution is 7.89. The predicted molar refractivity (Wildman–Crippen MR) is 98.7 cm³/mol. The molecule has 2 amide bonds. The number of piperidine rings is 1. The van der Waals surface area contributed by atoms with Gasteiger partial charge in [0.15, 0.2) is 6.61 Å². The topological polar surface area (TPSA) is 105 Å². The summed E-state index contributed by atoms with van der Waals surface area (Å²) in [5.41, 5.74) is 0.381. The molecule has 1 aromatic carbocycles. The van der Waals surface area contributed by atoms with Crippen molar-refractivity contribution >= 4 is 27.7 Å². The van der Waals surface area contributed by atoms with E-state index in [9.17, 15) is 31.2 Å². The molecule has 1 N–H and O–H groups in total. The number of hydroxylamine groups is 1. The second kappa shape index (κ2) is 9.62. The quantitative estimate of drug-likeness (QED) is 0.663. The van der Waals surface area contributed by atoms with Crippen molar-refractivity contribution in [1.82, 2.24) is 9.37 Å². The van der Waals surface area contributed by atoms with Gasteiger partial charge in [0.2, 0.25) is 5.91 Å². The third kappa shape index (κ3) is 6.31. The Balaban J connectivity index is 1.87. The highest BCUT2D eigenvalue weighted by atomic mass is 32.2. The summed E-state index contributed by atoms with van der Waals surface area (Å²) in [7, 11) is -1.34. The number of ether oxygens (including phenoxy) is 1. The number of halogens is 3. The van der Waals surface area contributed by atoms with Gasteiger partial charge in [-0.25, -0.2) is 13.2 Å². The number of amides is 2. The van der Waals surface area contributed by atoms with E-state index in [1.54, 1.807) is 0 Å². The summed E-state index contributed by atoms with van der Waals surface area (Å²) in [6.07, 6.45) is -5.14. The van der Waals surface area contributed by atoms with Crippen molar-refractivity contribution in [3.63, 3.8) is 0 Å². The number of nitrogens with one attached hydrogen (secondary N) is 1. The van der Waals surface area contributed by atoms with Gasteiger partial charge in [-0.2, -0.15) is 13.2 Å². The van der Waals surface area contributed by atoms with E-state index >= 15 is 0 Å². The van der Waals surface area contributed by atoms with Crippen molar-refractivity contribution in [2.24, 2.45) is 5.92 Å². The van der Waals surface area contributed by atoms with E-state index in [1.807, 2.05) is 0 Å². The molecule has 168 valence electrons. The molecule has 0 bridgehead atoms. The van der Waals surface area contributed by atoms with E-state index in [0.717, 1.165) is 4.90 Å². The molecule has 2 rings (SSSR count). The standard InChI is InChI=1S/C17H22F3N3O6S/c1-22(28-2)30(26,27)14-5-3-13(4-6-14)21-15(24)12-7-9-23(10-8-12)16(25)29-11-17(18,19)20/h3-6,12H,7-11H2,1-2H3,(H,21,24). The number of nitrogens with zero attached hydrogens (tertiary/aromatic N) is 2. The number of hydrogen-bond donors (Lipinski definition) is 1. The molecule has 0 atom stereocenters. The van der Waals surface area contributed by atoms with E-state index in [0.29, 0.717) is 10.2 Å². The highest BCUT2D eigenvalue weighted by Gasteiger charge is 2.33. The maximum atomic E-state index is 12.4. The van der Waals surface area contributed by atoms with Gasteiger partial charge in [-0.05, 0) is 37.1 Å². The van der Waals surface area contributed by atoms with Crippen LogP contribution in [0, 0.1) is 5.92 Å². The molecule has 1 aliphatic rings. The van der Waals surface area contributed by atoms with Gasteiger partial charge in [-0.1, -0.05) is 4.47 Å². The molecular formula is C17H22F3N3O6S. The van der Waals surface area contributed by atoms with Crippen molar-refractivity contribution in [2.75, 3.05) is 39.2 Å². The van der Waals surface area contributed by atoms with E-state index in [-0.39, 0.29) is 36.7 Å². The normalized spacial score (nSPS) is 15.9. The Morgan fingerprint density at radius 3 is 2.27 bits per heavy atom. The zero-order valence-electron chi connectivity index (χ0n) is 16.3. The van der Waals surface area contributed by atoms with Crippen LogP contribution in [0.1, 0.15) is 12.8 Å². The Bertz CT molecular complexity index is 852. The first-order valence-corrected chi connectivity index (χ1v) is 10.3. The van der Waals surface area contributed by atoms with Gasteiger partial charge in [-0.15, -0.1) is 0 Å². The summed E-state index contributed by atoms with van der Waals surface area (Å²) >= 11 is 0. The first-order chi connectivity index (χ1) is 13.9. The molecule has 9 nitrogen and oxygen atoms in total. The van der Waals surface area contributed by atoms with Crippen LogP contribution in [0.25, 0.3) is 0 Å². The summed E-state index contributed by atoms with van der Waals surface area (Å²) in [6, 6.07) is 5.50. The number of hydrogen-bond acceptors (Lipinski definition) is 6. The summed E-state index contributed by atoms with van der Waals surface area (Å²) < 4.78 is 65.5. The first kappa shape index (κ1) is 23.9. The van der Waals surface area contributed by atoms with E-state index in [4.69, 9.17) is 0 Å². The largest absolute Gasteiger partial charge is 0.440 e. The predicted octanol–water partition coefficient (Wildman–Crippen LogP) is 2.22. The van der Waals surface area contributed by atoms with Crippen LogP contribution in [-0.2, 0) is 24.4 Å². The van der Waals surface area contributed by atoms with Crippen LogP contribution < -0.4 is 5.32 Å². The van der Waals surface area contributed by atoms with E-state index in [2.05, 4.69) is 14.9 Å². The second-order valence-electron chi connectivity index (χ2n) is 6.54. The number of rotatable bonds is 6. The average molecular weight is 453 g/mol. The third-order valence-corrected chi connectivity index (χ3v) is 6.19. The lowest BCUT2D eigenvalue weighted by atomic mass is 9.96. The molecule has 30 heavy (non-hydrogen) atoms. The zero-order valence-corrected chi connectivity index (χ0v) is 17.1. The fraction of sp³-hybridized carbons (Fsp3) is 0.529. The van der Waals surface area contributed by atoms with Crippen LogP contribution in [0.2, 0.25) is 0 Å². The first-order valence-electron chi connectivity index (χ1n) is 8.86. The molecule has 0 saturated carbocycles. The van der Waals surface area contributed by atoms with Gasteiger partial charge in [-0.3, -0.25) is 9.63 Å². The van der Waals surface area contributed by atoms with Crippen LogP contribution >= 0.6 is 0 Å². The fourth-order valence-electron chi connectivity index (χ4n) is 2.76. The minimum Gasteiger partial charge on any atom is -0.440 e. The lowest BCUT2D eigenvalue weighted by Gasteiger charge is -2.30. The van der Waals surface area contributed by atoms with Crippen LogP contribution in [-0.4, -0.2) is 69.8 Å². The Hall–Kier alpha value is -2.38. The zero-order chi connectivity index (χ0) is 22.5. The molecule has 13 heteroatoms. The maximum absolute atomic E-state index is 12.4. The Kier molecular flexibility index (Phi) is 7.66. The van der Waals surface area contributed by atoms with Crippen molar-refractivity contribution in [2.45, 2.75) is 23.9 Å². The SMILES string of the molecule is CON(C)S(=O)(=O)c1ccc(NC(=O)C2CCN(C(=O)OCC(F)(F)F)CC2)cc1. The van der Waals surface area contributed by atoms with Gasteiger partial charge in [0.25, 0.3) is 10.0 Å². The van der Waals surface area contributed by atoms with Gasteiger partial charge in [0.1, 0.15) is 0 Å². The number of alkyl halides is 3. The van der Waals surface area contributed by atoms with E-state index in [1.165, 1.54) is 38.4 Å². The van der Waals surface area contributed by atoms with Gasteiger partial charge in [0, 0.05) is 31.7 Å². The average Bonchev–Trinajstić information content (AvgIpc) is 2.71. The van der Waals surface area contributed by atoms with Crippen molar-refractivity contribution < 1.29 is 40.8 Å². The molecule has 0 aromatic heterocycles. The van der Waals surface area contributed by atoms with Gasteiger partial charge >= 0.3 is 12.3 Å². The Morgan fingerprint density at radius 2 is 1.77 bits per heavy atom. The van der Waals surface area contributed by atoms with Crippen molar-refractivity contribution in [3.05, 3.63) is 24.3 Å². The number of likely N-dealkylation sites (tertiary alicyclic amines) is 1. The summed E-state index contributed by atoms with van der Waals surface area (Å²) in [4.78, 5) is 29.8. The van der Waals surface area contributed by atoms with E-state index < -0.39 is 34.8 Å². The molecule has 1 aliphatic heterocycles. The molecule has 0 spiro atoms. The summed E-state index contributed by atoms with van der Waals surface area (Å²) in [5, 5.41) is 2.66. The van der Waals surface area contributed by atoms with Gasteiger partial charge < -0.3 is 15.0 Å².